The highest BCUT2D eigenvalue weighted by Crippen LogP contribution is 2.36. The number of carboxylic acid groups (broad SMARTS) is 1. The lowest BCUT2D eigenvalue weighted by molar-refractivity contribution is -0.141. The van der Waals surface area contributed by atoms with E-state index in [1.54, 1.807) is 7.05 Å². The van der Waals surface area contributed by atoms with E-state index in [-0.39, 0.29) is 5.54 Å². The normalized spacial score (nSPS) is 17.7. The molecule has 0 bridgehead atoms. The Morgan fingerprint density at radius 1 is 1.29 bits per heavy atom. The van der Waals surface area contributed by atoms with Crippen LogP contribution >= 0.6 is 0 Å². The van der Waals surface area contributed by atoms with Crippen LogP contribution in [0.2, 0.25) is 0 Å². The summed E-state index contributed by atoms with van der Waals surface area (Å²) < 4.78 is 0. The van der Waals surface area contributed by atoms with Crippen molar-refractivity contribution in [2.45, 2.75) is 37.3 Å². The zero-order chi connectivity index (χ0) is 16.2. The lowest BCUT2D eigenvalue weighted by atomic mass is 9.75. The van der Waals surface area contributed by atoms with E-state index in [1.165, 1.54) is 4.90 Å². The van der Waals surface area contributed by atoms with Crippen molar-refractivity contribution in [2.75, 3.05) is 27.7 Å². The van der Waals surface area contributed by atoms with Gasteiger partial charge in [-0.15, -0.1) is 0 Å². The molecule has 8 heteroatoms. The first-order chi connectivity index (χ1) is 9.68. The van der Waals surface area contributed by atoms with Gasteiger partial charge in [-0.05, 0) is 33.4 Å². The molecule has 4 N–H and O–H groups in total. The van der Waals surface area contributed by atoms with Crippen LogP contribution in [0.1, 0.15) is 25.7 Å². The number of amides is 3. The molecule has 0 radical (unpaired) electrons. The van der Waals surface area contributed by atoms with Gasteiger partial charge in [0.1, 0.15) is 6.04 Å². The summed E-state index contributed by atoms with van der Waals surface area (Å²) in [4.78, 5) is 37.4. The number of rotatable bonds is 7. The van der Waals surface area contributed by atoms with Crippen LogP contribution < -0.4 is 11.1 Å². The smallest absolute Gasteiger partial charge is 0.326 e. The van der Waals surface area contributed by atoms with Gasteiger partial charge in [-0.1, -0.05) is 0 Å². The predicted octanol–water partition coefficient (Wildman–Crippen LogP) is -0.559. The second-order valence-corrected chi connectivity index (χ2v) is 5.84. The molecule has 1 aliphatic carbocycles. The minimum absolute atomic E-state index is 0.0471. The van der Waals surface area contributed by atoms with Gasteiger partial charge in [0, 0.05) is 19.1 Å². The van der Waals surface area contributed by atoms with Crippen molar-refractivity contribution in [3.8, 4) is 0 Å². The van der Waals surface area contributed by atoms with Crippen LogP contribution in [0.3, 0.4) is 0 Å². The number of nitrogens with two attached hydrogens (primary N) is 1. The molecular weight excluding hydrogens is 276 g/mol. The average molecular weight is 300 g/mol. The maximum Gasteiger partial charge on any atom is 0.326 e. The van der Waals surface area contributed by atoms with Crippen LogP contribution in [0.5, 0.6) is 0 Å². The maximum absolute atomic E-state index is 12.1. The average Bonchev–Trinajstić information content (AvgIpc) is 2.31. The molecule has 0 aromatic heterocycles. The molecule has 0 aromatic carbocycles. The van der Waals surface area contributed by atoms with Gasteiger partial charge in [0.25, 0.3) is 0 Å². The van der Waals surface area contributed by atoms with Gasteiger partial charge in [0.05, 0.1) is 6.42 Å². The van der Waals surface area contributed by atoms with Gasteiger partial charge >= 0.3 is 12.0 Å². The van der Waals surface area contributed by atoms with Crippen molar-refractivity contribution >= 4 is 17.9 Å². The van der Waals surface area contributed by atoms with E-state index < -0.39 is 30.4 Å². The van der Waals surface area contributed by atoms with Crippen molar-refractivity contribution in [1.29, 1.82) is 0 Å². The van der Waals surface area contributed by atoms with Crippen LogP contribution in [-0.2, 0) is 9.59 Å². The number of hydrogen-bond donors (Lipinski definition) is 3. The molecule has 1 rings (SSSR count). The number of carboxylic acids is 1. The molecule has 0 saturated heterocycles. The molecule has 1 unspecified atom stereocenters. The second kappa shape index (κ2) is 6.75. The summed E-state index contributed by atoms with van der Waals surface area (Å²) in [5.41, 5.74) is 4.93. The Bertz CT molecular complexity index is 420. The minimum Gasteiger partial charge on any atom is -0.480 e. The highest BCUT2D eigenvalue weighted by atomic mass is 16.4. The fraction of sp³-hybridized carbons (Fsp3) is 0.769. The van der Waals surface area contributed by atoms with Crippen molar-refractivity contribution < 1.29 is 19.5 Å². The third-order valence-electron chi connectivity index (χ3n) is 4.11. The summed E-state index contributed by atoms with van der Waals surface area (Å²) >= 11 is 0. The third kappa shape index (κ3) is 4.32. The van der Waals surface area contributed by atoms with E-state index in [1.807, 2.05) is 14.1 Å². The molecule has 3 amide bonds. The van der Waals surface area contributed by atoms with Gasteiger partial charge in [0.15, 0.2) is 0 Å². The van der Waals surface area contributed by atoms with Crippen molar-refractivity contribution in [1.82, 2.24) is 15.1 Å². The number of hydrogen-bond acceptors (Lipinski definition) is 4. The largest absolute Gasteiger partial charge is 0.480 e. The van der Waals surface area contributed by atoms with E-state index in [4.69, 9.17) is 10.8 Å². The first-order valence-corrected chi connectivity index (χ1v) is 6.88. The molecule has 0 heterocycles. The van der Waals surface area contributed by atoms with Gasteiger partial charge in [-0.25, -0.2) is 9.59 Å². The van der Waals surface area contributed by atoms with Gasteiger partial charge in [-0.2, -0.15) is 0 Å². The van der Waals surface area contributed by atoms with E-state index in [0.717, 1.165) is 19.3 Å². The van der Waals surface area contributed by atoms with E-state index in [0.29, 0.717) is 6.54 Å². The standard InChI is InChI=1S/C13H24N4O4/c1-16(2)13(5-4-6-13)8-17(3)12(21)15-9(11(19)20)7-10(14)18/h9H,4-8H2,1-3H3,(H2,14,18)(H,15,21)(H,19,20). The van der Waals surface area contributed by atoms with E-state index >= 15 is 0 Å². The molecule has 1 fully saturated rings. The highest BCUT2D eigenvalue weighted by Gasteiger charge is 2.41. The quantitative estimate of drug-likeness (QED) is 0.583. The van der Waals surface area contributed by atoms with Crippen molar-refractivity contribution in [3.05, 3.63) is 0 Å². The second-order valence-electron chi connectivity index (χ2n) is 5.84. The summed E-state index contributed by atoms with van der Waals surface area (Å²) in [6, 6.07) is -1.81. The molecule has 1 atom stereocenters. The minimum atomic E-state index is -1.30. The zero-order valence-corrected chi connectivity index (χ0v) is 12.8. The number of carbonyl (C=O) groups excluding carboxylic acids is 2. The number of carbonyl (C=O) groups is 3. The Morgan fingerprint density at radius 3 is 2.19 bits per heavy atom. The first-order valence-electron chi connectivity index (χ1n) is 6.88. The molecule has 8 nitrogen and oxygen atoms in total. The summed E-state index contributed by atoms with van der Waals surface area (Å²) in [5, 5.41) is 11.3. The topological polar surface area (TPSA) is 116 Å². The monoisotopic (exact) mass is 300 g/mol. The molecule has 1 saturated carbocycles. The zero-order valence-electron chi connectivity index (χ0n) is 12.8. The number of likely N-dealkylation sites (N-methyl/N-ethyl adjacent to an activating group) is 2. The van der Waals surface area contributed by atoms with Crippen molar-refractivity contribution in [2.24, 2.45) is 5.73 Å². The molecule has 0 aliphatic heterocycles. The number of nitrogens with zero attached hydrogens (tertiary/aromatic N) is 2. The molecule has 0 spiro atoms. The summed E-state index contributed by atoms with van der Waals surface area (Å²) in [6.07, 6.45) is 2.70. The molecule has 120 valence electrons. The molecule has 0 aromatic rings. The Morgan fingerprint density at radius 2 is 1.86 bits per heavy atom. The summed E-state index contributed by atoms with van der Waals surface area (Å²) in [7, 11) is 5.55. The predicted molar refractivity (Wildman–Crippen MR) is 76.7 cm³/mol. The van der Waals surface area contributed by atoms with E-state index in [9.17, 15) is 14.4 Å². The third-order valence-corrected chi connectivity index (χ3v) is 4.11. The highest BCUT2D eigenvalue weighted by molar-refractivity contribution is 5.87. The number of primary amides is 1. The van der Waals surface area contributed by atoms with Gasteiger partial charge in [0.2, 0.25) is 5.91 Å². The number of aliphatic carboxylic acids is 1. The maximum atomic E-state index is 12.1. The number of urea groups is 1. The SMILES string of the molecule is CN(CC1(N(C)C)CCC1)C(=O)NC(CC(N)=O)C(=O)O. The van der Waals surface area contributed by atoms with Crippen molar-refractivity contribution in [3.63, 3.8) is 0 Å². The van der Waals surface area contributed by atoms with Crippen LogP contribution in [-0.4, -0.2) is 72.1 Å². The fourth-order valence-electron chi connectivity index (χ4n) is 2.51. The number of nitrogens with one attached hydrogen (secondary N) is 1. The summed E-state index contributed by atoms with van der Waals surface area (Å²) in [6.45, 7) is 0.509. The Hall–Kier alpha value is -1.83. The van der Waals surface area contributed by atoms with Crippen LogP contribution in [0.25, 0.3) is 0 Å². The molecular formula is C13H24N4O4. The Balaban J connectivity index is 2.61. The lowest BCUT2D eigenvalue weighted by Gasteiger charge is -2.49. The fourth-order valence-corrected chi connectivity index (χ4v) is 2.51. The van der Waals surface area contributed by atoms with E-state index in [2.05, 4.69) is 10.2 Å². The first kappa shape index (κ1) is 17.2. The summed E-state index contributed by atoms with van der Waals surface area (Å²) in [5.74, 6) is -2.05. The van der Waals surface area contributed by atoms with Crippen LogP contribution in [0.15, 0.2) is 0 Å². The Kier molecular flexibility index (Phi) is 5.54. The molecule has 1 aliphatic rings. The van der Waals surface area contributed by atoms with Crippen LogP contribution in [0.4, 0.5) is 4.79 Å². The van der Waals surface area contributed by atoms with Gasteiger partial charge in [-0.3, -0.25) is 4.79 Å². The van der Waals surface area contributed by atoms with Crippen LogP contribution in [0, 0.1) is 0 Å². The lowest BCUT2D eigenvalue weighted by Crippen LogP contribution is -2.59. The van der Waals surface area contributed by atoms with Gasteiger partial charge < -0.3 is 26.0 Å². The Labute approximate surface area is 124 Å². The molecule has 21 heavy (non-hydrogen) atoms.